The maximum Gasteiger partial charge on any atom is 0.305 e. The first-order chi connectivity index (χ1) is 5.07. The Morgan fingerprint density at radius 1 is 1.64 bits per heavy atom. The number of carbonyl (C=O) groups excluding carboxylic acids is 2. The molecule has 0 aliphatic carbocycles. The molecule has 4 heteroatoms. The van der Waals surface area contributed by atoms with E-state index in [0.29, 0.717) is 6.42 Å². The van der Waals surface area contributed by atoms with E-state index in [-0.39, 0.29) is 18.2 Å². The van der Waals surface area contributed by atoms with Crippen molar-refractivity contribution in [3.05, 3.63) is 6.92 Å². The summed E-state index contributed by atoms with van der Waals surface area (Å²) in [5.41, 5.74) is 5.30. The lowest BCUT2D eigenvalue weighted by Gasteiger charge is -2.04. The molecule has 0 aromatic rings. The highest BCUT2D eigenvalue weighted by Gasteiger charge is 2.10. The fourth-order valence-corrected chi connectivity index (χ4v) is 0.536. The van der Waals surface area contributed by atoms with Crippen LogP contribution in [0.4, 0.5) is 0 Å². The maximum absolute atomic E-state index is 10.5. The number of rotatable bonds is 4. The van der Waals surface area contributed by atoms with Crippen molar-refractivity contribution in [2.75, 3.05) is 7.11 Å². The predicted molar refractivity (Wildman–Crippen MR) is 39.6 cm³/mol. The Balaban J connectivity index is 3.54. The zero-order valence-corrected chi connectivity index (χ0v) is 6.50. The molecule has 0 aromatic heterocycles. The second kappa shape index (κ2) is 4.85. The first-order valence-electron chi connectivity index (χ1n) is 3.26. The van der Waals surface area contributed by atoms with Crippen molar-refractivity contribution in [1.82, 2.24) is 0 Å². The van der Waals surface area contributed by atoms with E-state index in [9.17, 15) is 9.59 Å². The van der Waals surface area contributed by atoms with Gasteiger partial charge in [0.2, 0.25) is 0 Å². The molecule has 0 aliphatic heterocycles. The number of ketones is 1. The third-order valence-corrected chi connectivity index (χ3v) is 1.30. The van der Waals surface area contributed by atoms with Crippen LogP contribution in [0.3, 0.4) is 0 Å². The molecule has 1 atom stereocenters. The monoisotopic (exact) mass is 158 g/mol. The summed E-state index contributed by atoms with van der Waals surface area (Å²) in [6.07, 6.45) is 0.466. The first-order valence-corrected chi connectivity index (χ1v) is 3.26. The van der Waals surface area contributed by atoms with E-state index in [1.165, 1.54) is 7.11 Å². The van der Waals surface area contributed by atoms with Crippen LogP contribution in [0.2, 0.25) is 0 Å². The molecular formula is C7H12NO3. The molecule has 0 fully saturated rings. The fourth-order valence-electron chi connectivity index (χ4n) is 0.536. The lowest BCUT2D eigenvalue weighted by molar-refractivity contribution is -0.140. The van der Waals surface area contributed by atoms with Crippen molar-refractivity contribution < 1.29 is 14.3 Å². The van der Waals surface area contributed by atoms with Gasteiger partial charge in [-0.2, -0.15) is 0 Å². The Morgan fingerprint density at radius 3 is 2.55 bits per heavy atom. The summed E-state index contributed by atoms with van der Waals surface area (Å²) in [5, 5.41) is 0. The van der Waals surface area contributed by atoms with Gasteiger partial charge in [0.15, 0.2) is 0 Å². The minimum atomic E-state index is -0.644. The minimum Gasteiger partial charge on any atom is -0.469 e. The molecule has 0 rings (SSSR count). The molecule has 0 aromatic carbocycles. The van der Waals surface area contributed by atoms with Crippen molar-refractivity contribution in [3.63, 3.8) is 0 Å². The molecule has 11 heavy (non-hydrogen) atoms. The average molecular weight is 158 g/mol. The number of ether oxygens (including phenoxy) is 1. The Morgan fingerprint density at radius 2 is 2.18 bits per heavy atom. The van der Waals surface area contributed by atoms with Crippen LogP contribution < -0.4 is 5.73 Å². The first kappa shape index (κ1) is 10.1. The number of methoxy groups -OCH3 is 1. The minimum absolute atomic E-state index is 0.166. The SMILES string of the molecule is [CH2]C(=O)[C@@H](N)CCC(=O)OC. The molecule has 1 radical (unpaired) electrons. The van der Waals surface area contributed by atoms with Crippen LogP contribution >= 0.6 is 0 Å². The largest absolute Gasteiger partial charge is 0.469 e. The molecule has 0 spiro atoms. The van der Waals surface area contributed by atoms with Gasteiger partial charge in [-0.15, -0.1) is 0 Å². The lowest BCUT2D eigenvalue weighted by Crippen LogP contribution is -2.29. The second-order valence-electron chi connectivity index (χ2n) is 2.19. The highest BCUT2D eigenvalue weighted by Crippen LogP contribution is 1.96. The standard InChI is InChI=1S/C7H12NO3/c1-5(9)6(8)3-4-7(10)11-2/h6H,1,3-4,8H2,2H3/t6-/m0/s1. The van der Waals surface area contributed by atoms with Crippen molar-refractivity contribution in [2.45, 2.75) is 18.9 Å². The van der Waals surface area contributed by atoms with E-state index in [1.54, 1.807) is 0 Å². The van der Waals surface area contributed by atoms with Crippen LogP contribution in [-0.2, 0) is 14.3 Å². The van der Waals surface area contributed by atoms with Gasteiger partial charge in [-0.05, 0) is 6.42 Å². The molecule has 0 unspecified atom stereocenters. The van der Waals surface area contributed by atoms with Gasteiger partial charge in [-0.3, -0.25) is 9.59 Å². The summed E-state index contributed by atoms with van der Waals surface area (Å²) in [5.74, 6) is -0.712. The van der Waals surface area contributed by atoms with Crippen LogP contribution in [0.1, 0.15) is 12.8 Å². The van der Waals surface area contributed by atoms with Crippen molar-refractivity contribution in [3.8, 4) is 0 Å². The topological polar surface area (TPSA) is 69.4 Å². The number of carbonyl (C=O) groups is 2. The Hall–Kier alpha value is -0.900. The molecule has 0 bridgehead atoms. The summed E-state index contributed by atoms with van der Waals surface area (Å²) < 4.78 is 4.35. The van der Waals surface area contributed by atoms with Gasteiger partial charge < -0.3 is 10.5 Å². The number of Topliss-reactive ketones (excluding diaryl/α,β-unsaturated/α-hetero) is 1. The van der Waals surface area contributed by atoms with Gasteiger partial charge in [0.1, 0.15) is 5.78 Å². The van der Waals surface area contributed by atoms with E-state index in [2.05, 4.69) is 11.7 Å². The number of nitrogens with two attached hydrogens (primary N) is 1. The van der Waals surface area contributed by atoms with Gasteiger partial charge >= 0.3 is 5.97 Å². The number of esters is 1. The summed E-state index contributed by atoms with van der Waals surface area (Å²) in [6.45, 7) is 3.13. The summed E-state index contributed by atoms with van der Waals surface area (Å²) in [4.78, 5) is 21.0. The number of hydrogen-bond donors (Lipinski definition) is 1. The molecule has 0 saturated heterocycles. The molecule has 0 amide bonds. The number of hydrogen-bond acceptors (Lipinski definition) is 4. The second-order valence-corrected chi connectivity index (χ2v) is 2.19. The zero-order valence-electron chi connectivity index (χ0n) is 6.50. The Labute approximate surface area is 65.7 Å². The van der Waals surface area contributed by atoms with Gasteiger partial charge in [0.05, 0.1) is 13.2 Å². The van der Waals surface area contributed by atoms with Crippen LogP contribution in [0.5, 0.6) is 0 Å². The maximum atomic E-state index is 10.5. The molecule has 0 saturated carbocycles. The van der Waals surface area contributed by atoms with Gasteiger partial charge in [-0.1, -0.05) is 0 Å². The van der Waals surface area contributed by atoms with E-state index in [1.807, 2.05) is 0 Å². The van der Waals surface area contributed by atoms with Gasteiger partial charge in [0, 0.05) is 13.3 Å². The van der Waals surface area contributed by atoms with E-state index in [0.717, 1.165) is 0 Å². The third-order valence-electron chi connectivity index (χ3n) is 1.30. The lowest BCUT2D eigenvalue weighted by atomic mass is 10.1. The summed E-state index contributed by atoms with van der Waals surface area (Å²) in [6, 6.07) is -0.644. The molecular weight excluding hydrogens is 146 g/mol. The predicted octanol–water partition coefficient (Wildman–Crippen LogP) is -0.330. The van der Waals surface area contributed by atoms with Crippen LogP contribution in [0, 0.1) is 6.92 Å². The molecule has 4 nitrogen and oxygen atoms in total. The Bertz CT molecular complexity index is 156. The van der Waals surface area contributed by atoms with Gasteiger partial charge in [0.25, 0.3) is 0 Å². The average Bonchev–Trinajstić information content (AvgIpc) is 1.99. The Kier molecular flexibility index (Phi) is 4.45. The molecule has 0 aliphatic rings. The van der Waals surface area contributed by atoms with Crippen molar-refractivity contribution in [2.24, 2.45) is 5.73 Å². The zero-order chi connectivity index (χ0) is 8.85. The van der Waals surface area contributed by atoms with Gasteiger partial charge in [-0.25, -0.2) is 0 Å². The quantitative estimate of drug-likeness (QED) is 0.569. The molecule has 63 valence electrons. The molecule has 0 heterocycles. The summed E-state index contributed by atoms with van der Waals surface area (Å²) >= 11 is 0. The highest BCUT2D eigenvalue weighted by atomic mass is 16.5. The fraction of sp³-hybridized carbons (Fsp3) is 0.571. The third kappa shape index (κ3) is 4.50. The highest BCUT2D eigenvalue weighted by molar-refractivity contribution is 5.87. The van der Waals surface area contributed by atoms with E-state index >= 15 is 0 Å². The van der Waals surface area contributed by atoms with Crippen molar-refractivity contribution >= 4 is 11.8 Å². The van der Waals surface area contributed by atoms with Crippen LogP contribution in [-0.4, -0.2) is 24.9 Å². The van der Waals surface area contributed by atoms with Crippen LogP contribution in [0.25, 0.3) is 0 Å². The summed E-state index contributed by atoms with van der Waals surface area (Å²) in [7, 11) is 1.29. The smallest absolute Gasteiger partial charge is 0.305 e. The van der Waals surface area contributed by atoms with Crippen molar-refractivity contribution in [1.29, 1.82) is 0 Å². The van der Waals surface area contributed by atoms with E-state index in [4.69, 9.17) is 5.73 Å². The normalized spacial score (nSPS) is 12.3. The van der Waals surface area contributed by atoms with Crippen LogP contribution in [0.15, 0.2) is 0 Å². The molecule has 2 N–H and O–H groups in total. The van der Waals surface area contributed by atoms with E-state index < -0.39 is 6.04 Å².